The van der Waals surface area contributed by atoms with E-state index in [4.69, 9.17) is 0 Å². The van der Waals surface area contributed by atoms with Gasteiger partial charge in [0.25, 0.3) is 0 Å². The third-order valence-corrected chi connectivity index (χ3v) is 6.16. The molecule has 0 radical (unpaired) electrons. The third kappa shape index (κ3) is 4.75. The molecule has 0 bridgehead atoms. The molecular weight excluding hydrogens is 388 g/mol. The molecule has 1 fully saturated rings. The van der Waals surface area contributed by atoms with Crippen LogP contribution in [0.5, 0.6) is 0 Å². The van der Waals surface area contributed by atoms with Gasteiger partial charge in [-0.3, -0.25) is 9.13 Å². The van der Waals surface area contributed by atoms with Gasteiger partial charge in [0.15, 0.2) is 0 Å². The van der Waals surface area contributed by atoms with Gasteiger partial charge in [-0.05, 0) is 56.6 Å². The molecule has 2 heterocycles. The Bertz CT molecular complexity index is 1070. The highest BCUT2D eigenvalue weighted by atomic mass is 16.3. The summed E-state index contributed by atoms with van der Waals surface area (Å²) in [7, 11) is 2.17. The first-order valence-corrected chi connectivity index (χ1v) is 11.0. The van der Waals surface area contributed by atoms with Crippen LogP contribution in [0.15, 0.2) is 65.7 Å². The average molecular weight is 421 g/mol. The summed E-state index contributed by atoms with van der Waals surface area (Å²) in [5, 5.41) is 10.1. The molecule has 3 aromatic rings. The van der Waals surface area contributed by atoms with Gasteiger partial charge in [0, 0.05) is 50.8 Å². The van der Waals surface area contributed by atoms with E-state index in [1.807, 2.05) is 36.7 Å². The fourth-order valence-corrected chi connectivity index (χ4v) is 4.13. The van der Waals surface area contributed by atoms with Gasteiger partial charge in [0.1, 0.15) is 0 Å². The van der Waals surface area contributed by atoms with E-state index in [9.17, 15) is 9.90 Å². The largest absolute Gasteiger partial charge is 0.386 e. The lowest BCUT2D eigenvalue weighted by Gasteiger charge is -2.35. The zero-order valence-electron chi connectivity index (χ0n) is 18.7. The summed E-state index contributed by atoms with van der Waals surface area (Å²) in [6, 6.07) is 16.0. The predicted octanol–water partition coefficient (Wildman–Crippen LogP) is 2.86. The fourth-order valence-electron chi connectivity index (χ4n) is 4.13. The molecule has 0 atom stereocenters. The van der Waals surface area contributed by atoms with Gasteiger partial charge in [0.05, 0.1) is 11.3 Å². The van der Waals surface area contributed by atoms with Crippen molar-refractivity contribution in [2.24, 2.45) is 0 Å². The van der Waals surface area contributed by atoms with E-state index < -0.39 is 5.60 Å². The molecule has 31 heavy (non-hydrogen) atoms. The molecule has 2 aromatic carbocycles. The van der Waals surface area contributed by atoms with E-state index in [0.717, 1.165) is 43.9 Å². The monoisotopic (exact) mass is 420 g/mol. The number of hydrogen-bond acceptors (Lipinski definition) is 4. The number of likely N-dealkylation sites (N-methyl/N-ethyl adjacent to an activating group) is 1. The first kappa shape index (κ1) is 21.4. The molecule has 1 N–H and O–H groups in total. The predicted molar refractivity (Wildman–Crippen MR) is 125 cm³/mol. The highest BCUT2D eigenvalue weighted by Crippen LogP contribution is 2.23. The Morgan fingerprint density at radius 1 is 0.935 bits per heavy atom. The Morgan fingerprint density at radius 2 is 1.61 bits per heavy atom. The minimum Gasteiger partial charge on any atom is -0.386 e. The molecule has 1 saturated heterocycles. The first-order valence-electron chi connectivity index (χ1n) is 11.0. The SMILES string of the molecule is CN1CCN(c2ccccc2CCn2ccn(-c3ccc(C(C)(C)O)cc3)c2=O)CC1. The second kappa shape index (κ2) is 8.73. The zero-order chi connectivity index (χ0) is 22.0. The second-order valence-electron chi connectivity index (χ2n) is 8.92. The van der Waals surface area contributed by atoms with Crippen molar-refractivity contribution in [2.75, 3.05) is 38.1 Å². The topological polar surface area (TPSA) is 53.6 Å². The van der Waals surface area contributed by atoms with Crippen LogP contribution < -0.4 is 10.6 Å². The molecule has 0 saturated carbocycles. The lowest BCUT2D eigenvalue weighted by Crippen LogP contribution is -2.44. The maximum Gasteiger partial charge on any atom is 0.332 e. The van der Waals surface area contributed by atoms with Gasteiger partial charge in [-0.1, -0.05) is 30.3 Å². The molecule has 0 amide bonds. The number of hydrogen-bond donors (Lipinski definition) is 1. The van der Waals surface area contributed by atoms with Crippen LogP contribution in [0, 0.1) is 0 Å². The lowest BCUT2D eigenvalue weighted by molar-refractivity contribution is 0.0786. The Kier molecular flexibility index (Phi) is 6.03. The number of anilines is 1. The standard InChI is InChI=1S/C25H32N4O2/c1-25(2,31)21-8-10-22(11-9-21)29-19-18-28(24(29)30)13-12-20-6-4-5-7-23(20)27-16-14-26(3)15-17-27/h4-11,18-19,31H,12-17H2,1-3H3. The van der Waals surface area contributed by atoms with Gasteiger partial charge in [0.2, 0.25) is 0 Å². The maximum atomic E-state index is 13.0. The molecule has 4 rings (SSSR count). The fraction of sp³-hybridized carbons (Fsp3) is 0.400. The normalized spacial score (nSPS) is 15.4. The van der Waals surface area contributed by atoms with Crippen LogP contribution in [0.2, 0.25) is 0 Å². The number of rotatable bonds is 6. The highest BCUT2D eigenvalue weighted by molar-refractivity contribution is 5.54. The number of benzene rings is 2. The molecule has 6 heteroatoms. The molecule has 0 unspecified atom stereocenters. The van der Waals surface area contributed by atoms with Crippen molar-refractivity contribution in [3.8, 4) is 5.69 Å². The number of piperazine rings is 1. The van der Waals surface area contributed by atoms with Gasteiger partial charge < -0.3 is 14.9 Å². The van der Waals surface area contributed by atoms with Crippen molar-refractivity contribution in [3.63, 3.8) is 0 Å². The lowest BCUT2D eigenvalue weighted by atomic mass is 9.98. The summed E-state index contributed by atoms with van der Waals surface area (Å²) in [4.78, 5) is 17.8. The van der Waals surface area contributed by atoms with Crippen molar-refractivity contribution < 1.29 is 5.11 Å². The van der Waals surface area contributed by atoms with Crippen molar-refractivity contribution in [2.45, 2.75) is 32.4 Å². The van der Waals surface area contributed by atoms with Crippen LogP contribution in [0.4, 0.5) is 5.69 Å². The quantitative estimate of drug-likeness (QED) is 0.666. The van der Waals surface area contributed by atoms with Crippen molar-refractivity contribution >= 4 is 5.69 Å². The van der Waals surface area contributed by atoms with Crippen LogP contribution in [0.25, 0.3) is 5.69 Å². The Hall–Kier alpha value is -2.83. The zero-order valence-corrected chi connectivity index (χ0v) is 18.7. The third-order valence-electron chi connectivity index (χ3n) is 6.16. The van der Waals surface area contributed by atoms with Crippen molar-refractivity contribution in [3.05, 3.63) is 82.5 Å². The van der Waals surface area contributed by atoms with E-state index in [2.05, 4.69) is 41.1 Å². The van der Waals surface area contributed by atoms with Gasteiger partial charge in [-0.2, -0.15) is 0 Å². The number of aryl methyl sites for hydroxylation is 2. The molecular formula is C25H32N4O2. The number of nitrogens with zero attached hydrogens (tertiary/aromatic N) is 4. The summed E-state index contributed by atoms with van der Waals surface area (Å²) in [5.74, 6) is 0. The molecule has 164 valence electrons. The van der Waals surface area contributed by atoms with Crippen LogP contribution in [0.3, 0.4) is 0 Å². The Balaban J connectivity index is 1.49. The van der Waals surface area contributed by atoms with E-state index >= 15 is 0 Å². The number of imidazole rings is 1. The van der Waals surface area contributed by atoms with E-state index in [-0.39, 0.29) is 5.69 Å². The summed E-state index contributed by atoms with van der Waals surface area (Å²) in [6.07, 6.45) is 4.47. The van der Waals surface area contributed by atoms with Gasteiger partial charge in [-0.15, -0.1) is 0 Å². The van der Waals surface area contributed by atoms with Crippen LogP contribution in [-0.4, -0.2) is 52.4 Å². The molecule has 6 nitrogen and oxygen atoms in total. The summed E-state index contributed by atoms with van der Waals surface area (Å²) in [6.45, 7) is 8.36. The summed E-state index contributed by atoms with van der Waals surface area (Å²) < 4.78 is 3.42. The van der Waals surface area contributed by atoms with Crippen molar-refractivity contribution in [1.82, 2.24) is 14.0 Å². The van der Waals surface area contributed by atoms with Crippen LogP contribution in [0.1, 0.15) is 25.0 Å². The first-order chi connectivity index (χ1) is 14.8. The highest BCUT2D eigenvalue weighted by Gasteiger charge is 2.18. The Morgan fingerprint density at radius 3 is 2.29 bits per heavy atom. The molecule has 1 aliphatic rings. The van der Waals surface area contributed by atoms with Crippen LogP contribution >= 0.6 is 0 Å². The molecule has 1 aliphatic heterocycles. The average Bonchev–Trinajstić information content (AvgIpc) is 3.13. The second-order valence-corrected chi connectivity index (χ2v) is 8.92. The maximum absolute atomic E-state index is 13.0. The van der Waals surface area contributed by atoms with Gasteiger partial charge in [-0.25, -0.2) is 4.79 Å². The van der Waals surface area contributed by atoms with Gasteiger partial charge >= 0.3 is 5.69 Å². The number of aliphatic hydroxyl groups is 1. The molecule has 1 aromatic heterocycles. The van der Waals surface area contributed by atoms with Crippen LogP contribution in [-0.2, 0) is 18.6 Å². The smallest absolute Gasteiger partial charge is 0.332 e. The van der Waals surface area contributed by atoms with E-state index in [1.165, 1.54) is 11.3 Å². The minimum atomic E-state index is -0.896. The summed E-state index contributed by atoms with van der Waals surface area (Å²) in [5.41, 5.74) is 3.24. The Labute approximate surface area is 184 Å². The minimum absolute atomic E-state index is 0.0481. The van der Waals surface area contributed by atoms with Crippen molar-refractivity contribution in [1.29, 1.82) is 0 Å². The molecule has 0 spiro atoms. The van der Waals surface area contributed by atoms with E-state index in [1.54, 1.807) is 23.0 Å². The summed E-state index contributed by atoms with van der Waals surface area (Å²) >= 11 is 0. The number of aromatic nitrogens is 2. The molecule has 0 aliphatic carbocycles. The number of para-hydroxylation sites is 1. The van der Waals surface area contributed by atoms with E-state index in [0.29, 0.717) is 6.54 Å².